The number of fused-ring (bicyclic) bond motifs is 1. The number of carbonyl (C=O) groups is 1. The molecule has 33 heavy (non-hydrogen) atoms. The smallest absolute Gasteiger partial charge is 0.319 e. The van der Waals surface area contributed by atoms with Gasteiger partial charge in [-0.3, -0.25) is 4.90 Å². The van der Waals surface area contributed by atoms with Crippen molar-refractivity contribution in [2.24, 2.45) is 0 Å². The number of aliphatic hydroxyl groups excluding tert-OH is 1. The Morgan fingerprint density at radius 1 is 1.21 bits per heavy atom. The Hall–Kier alpha value is -2.75. The standard InChI is InChI=1S/C24H34N6O3/c1-15(2)29-11-20-21(12-29)27-23(30-9-10-33-14-17(30)4)28-22(20)18-5-7-19(8-6-18)26-24(32)25-16(3)13-31/h5-8,15-17,31H,9-14H2,1-4H3,(H2,25,26,32)/t16?,17-/m0/s1. The molecule has 1 aromatic carbocycles. The molecular weight excluding hydrogens is 420 g/mol. The Balaban J connectivity index is 1.63. The molecule has 0 spiro atoms. The highest BCUT2D eigenvalue weighted by atomic mass is 16.5. The van der Waals surface area contributed by atoms with Crippen LogP contribution in [-0.2, 0) is 17.8 Å². The maximum atomic E-state index is 12.1. The number of aliphatic hydroxyl groups is 1. The first-order valence-corrected chi connectivity index (χ1v) is 11.6. The number of nitrogens with zero attached hydrogens (tertiary/aromatic N) is 4. The van der Waals surface area contributed by atoms with Crippen LogP contribution in [0.5, 0.6) is 0 Å². The van der Waals surface area contributed by atoms with Crippen LogP contribution in [0.1, 0.15) is 39.0 Å². The molecule has 1 aromatic heterocycles. The van der Waals surface area contributed by atoms with Crippen LogP contribution in [0.15, 0.2) is 24.3 Å². The third-order valence-corrected chi connectivity index (χ3v) is 6.22. The molecule has 1 saturated heterocycles. The summed E-state index contributed by atoms with van der Waals surface area (Å²) in [6, 6.07) is 7.71. The third-order valence-electron chi connectivity index (χ3n) is 6.22. The van der Waals surface area contributed by atoms with Gasteiger partial charge in [0, 0.05) is 42.5 Å². The molecule has 178 valence electrons. The van der Waals surface area contributed by atoms with Crippen molar-refractivity contribution in [3.05, 3.63) is 35.5 Å². The minimum absolute atomic E-state index is 0.108. The van der Waals surface area contributed by atoms with E-state index in [4.69, 9.17) is 19.8 Å². The van der Waals surface area contributed by atoms with Gasteiger partial charge in [-0.05, 0) is 39.8 Å². The van der Waals surface area contributed by atoms with E-state index in [-0.39, 0.29) is 24.7 Å². The molecule has 9 heteroatoms. The number of benzene rings is 1. The number of aromatic nitrogens is 2. The van der Waals surface area contributed by atoms with Crippen molar-refractivity contribution in [1.29, 1.82) is 0 Å². The van der Waals surface area contributed by atoms with Gasteiger partial charge in [-0.15, -0.1) is 0 Å². The Morgan fingerprint density at radius 2 is 1.97 bits per heavy atom. The molecule has 0 aliphatic carbocycles. The summed E-state index contributed by atoms with van der Waals surface area (Å²) >= 11 is 0. The summed E-state index contributed by atoms with van der Waals surface area (Å²) in [5, 5.41) is 14.6. The molecule has 2 aliphatic rings. The predicted octanol–water partition coefficient (Wildman–Crippen LogP) is 2.59. The minimum Gasteiger partial charge on any atom is -0.394 e. The van der Waals surface area contributed by atoms with E-state index in [1.807, 2.05) is 24.3 Å². The molecule has 1 fully saturated rings. The quantitative estimate of drug-likeness (QED) is 0.616. The van der Waals surface area contributed by atoms with Crippen molar-refractivity contribution in [3.63, 3.8) is 0 Å². The van der Waals surface area contributed by atoms with Crippen LogP contribution in [0.3, 0.4) is 0 Å². The number of morpholine rings is 1. The molecule has 2 amide bonds. The van der Waals surface area contributed by atoms with E-state index in [0.717, 1.165) is 42.5 Å². The van der Waals surface area contributed by atoms with Crippen molar-refractivity contribution in [2.75, 3.05) is 36.6 Å². The molecule has 2 aliphatic heterocycles. The molecule has 3 heterocycles. The highest BCUT2D eigenvalue weighted by molar-refractivity contribution is 5.89. The molecule has 2 atom stereocenters. The van der Waals surface area contributed by atoms with E-state index >= 15 is 0 Å². The number of carbonyl (C=O) groups excluding carboxylic acids is 1. The first-order chi connectivity index (χ1) is 15.9. The number of urea groups is 1. The molecule has 4 rings (SSSR count). The average molecular weight is 455 g/mol. The fourth-order valence-corrected chi connectivity index (χ4v) is 4.17. The van der Waals surface area contributed by atoms with Crippen LogP contribution in [0.25, 0.3) is 11.3 Å². The molecule has 9 nitrogen and oxygen atoms in total. The average Bonchev–Trinajstić information content (AvgIpc) is 3.24. The second-order valence-corrected chi connectivity index (χ2v) is 9.17. The summed E-state index contributed by atoms with van der Waals surface area (Å²) in [5.41, 5.74) is 4.88. The van der Waals surface area contributed by atoms with Crippen molar-refractivity contribution in [3.8, 4) is 11.3 Å². The first kappa shape index (κ1) is 23.4. The van der Waals surface area contributed by atoms with E-state index in [1.165, 1.54) is 5.56 Å². The number of hydrogen-bond donors (Lipinski definition) is 3. The zero-order valence-electron chi connectivity index (χ0n) is 19.8. The highest BCUT2D eigenvalue weighted by Gasteiger charge is 2.30. The summed E-state index contributed by atoms with van der Waals surface area (Å²) in [4.78, 5) is 26.7. The monoisotopic (exact) mass is 454 g/mol. The second kappa shape index (κ2) is 10.0. The van der Waals surface area contributed by atoms with E-state index in [0.29, 0.717) is 24.9 Å². The van der Waals surface area contributed by atoms with Crippen LogP contribution in [-0.4, -0.2) is 70.5 Å². The van der Waals surface area contributed by atoms with Crippen LogP contribution in [0.4, 0.5) is 16.4 Å². The Bertz CT molecular complexity index is 981. The van der Waals surface area contributed by atoms with Crippen LogP contribution >= 0.6 is 0 Å². The minimum atomic E-state index is -0.344. The van der Waals surface area contributed by atoms with E-state index in [9.17, 15) is 4.79 Å². The number of amides is 2. The largest absolute Gasteiger partial charge is 0.394 e. The van der Waals surface area contributed by atoms with Crippen LogP contribution < -0.4 is 15.5 Å². The van der Waals surface area contributed by atoms with Gasteiger partial charge in [0.15, 0.2) is 0 Å². The molecule has 0 bridgehead atoms. The summed E-state index contributed by atoms with van der Waals surface area (Å²) in [7, 11) is 0. The zero-order valence-corrected chi connectivity index (χ0v) is 19.8. The van der Waals surface area contributed by atoms with Gasteiger partial charge >= 0.3 is 6.03 Å². The fourth-order valence-electron chi connectivity index (χ4n) is 4.17. The molecule has 1 unspecified atom stereocenters. The Kier molecular flexibility index (Phi) is 7.11. The third kappa shape index (κ3) is 5.26. The fraction of sp³-hybridized carbons (Fsp3) is 0.542. The molecule has 3 N–H and O–H groups in total. The summed E-state index contributed by atoms with van der Waals surface area (Å²) in [5.74, 6) is 0.754. The van der Waals surface area contributed by atoms with Crippen molar-refractivity contribution < 1.29 is 14.6 Å². The molecule has 0 saturated carbocycles. The highest BCUT2D eigenvalue weighted by Crippen LogP contribution is 2.34. The lowest BCUT2D eigenvalue weighted by Gasteiger charge is -2.33. The SMILES string of the molecule is CC(CO)NC(=O)Nc1ccc(-c2nc(N3CCOC[C@@H]3C)nc3c2CN(C(C)C)C3)cc1. The van der Waals surface area contributed by atoms with Gasteiger partial charge in [0.05, 0.1) is 43.3 Å². The number of hydrogen-bond acceptors (Lipinski definition) is 7. The maximum absolute atomic E-state index is 12.1. The molecule has 0 radical (unpaired) electrons. The Morgan fingerprint density at radius 3 is 2.64 bits per heavy atom. The van der Waals surface area contributed by atoms with Crippen molar-refractivity contribution >= 4 is 17.7 Å². The Labute approximate surface area is 195 Å². The number of rotatable bonds is 6. The van der Waals surface area contributed by atoms with Gasteiger partial charge in [-0.25, -0.2) is 14.8 Å². The lowest BCUT2D eigenvalue weighted by molar-refractivity contribution is 0.0980. The van der Waals surface area contributed by atoms with Gasteiger partial charge < -0.3 is 25.4 Å². The van der Waals surface area contributed by atoms with Gasteiger partial charge in [-0.1, -0.05) is 12.1 Å². The lowest BCUT2D eigenvalue weighted by Crippen LogP contribution is -2.44. The van der Waals surface area contributed by atoms with Gasteiger partial charge in [0.25, 0.3) is 0 Å². The number of anilines is 2. The predicted molar refractivity (Wildman–Crippen MR) is 128 cm³/mol. The first-order valence-electron chi connectivity index (χ1n) is 11.6. The second-order valence-electron chi connectivity index (χ2n) is 9.17. The van der Waals surface area contributed by atoms with Crippen LogP contribution in [0.2, 0.25) is 0 Å². The van der Waals surface area contributed by atoms with E-state index in [2.05, 4.69) is 41.2 Å². The lowest BCUT2D eigenvalue weighted by atomic mass is 10.1. The van der Waals surface area contributed by atoms with Gasteiger partial charge in [0.2, 0.25) is 5.95 Å². The van der Waals surface area contributed by atoms with Gasteiger partial charge in [-0.2, -0.15) is 0 Å². The molecular formula is C24H34N6O3. The van der Waals surface area contributed by atoms with Gasteiger partial charge in [0.1, 0.15) is 0 Å². The van der Waals surface area contributed by atoms with Crippen molar-refractivity contribution in [1.82, 2.24) is 20.2 Å². The normalized spacial score (nSPS) is 19.5. The number of ether oxygens (including phenoxy) is 1. The zero-order chi connectivity index (χ0) is 23.5. The summed E-state index contributed by atoms with van der Waals surface area (Å²) in [6.45, 7) is 11.9. The van der Waals surface area contributed by atoms with E-state index < -0.39 is 0 Å². The maximum Gasteiger partial charge on any atom is 0.319 e. The van der Waals surface area contributed by atoms with Crippen molar-refractivity contribution in [2.45, 2.75) is 58.9 Å². The molecule has 2 aromatic rings. The van der Waals surface area contributed by atoms with Crippen LogP contribution in [0, 0.1) is 0 Å². The summed E-state index contributed by atoms with van der Waals surface area (Å²) in [6.07, 6.45) is 0. The number of nitrogens with one attached hydrogen (secondary N) is 2. The van der Waals surface area contributed by atoms with E-state index in [1.54, 1.807) is 6.92 Å². The summed E-state index contributed by atoms with van der Waals surface area (Å²) < 4.78 is 5.61. The topological polar surface area (TPSA) is 103 Å².